The van der Waals surface area contributed by atoms with Gasteiger partial charge in [0.15, 0.2) is 0 Å². The highest BCUT2D eigenvalue weighted by Crippen LogP contribution is 2.41. The number of rotatable bonds is 9. The second-order valence-electron chi connectivity index (χ2n) is 7.56. The molecule has 3 fully saturated rings. The molecular weight excluding hydrogens is 264 g/mol. The van der Waals surface area contributed by atoms with E-state index in [0.717, 1.165) is 31.9 Å². The van der Waals surface area contributed by atoms with Gasteiger partial charge in [0.25, 0.3) is 0 Å². The average Bonchev–Trinajstić information content (AvgIpc) is 3.39. The summed E-state index contributed by atoms with van der Waals surface area (Å²) in [5.41, 5.74) is -0.0135. The fraction of sp³-hybridized carbons (Fsp3) is 1.00. The molecule has 21 heavy (non-hydrogen) atoms. The Bertz CT molecular complexity index is 344. The van der Waals surface area contributed by atoms with E-state index in [1.807, 2.05) is 0 Å². The van der Waals surface area contributed by atoms with E-state index >= 15 is 0 Å². The van der Waals surface area contributed by atoms with Gasteiger partial charge in [0.2, 0.25) is 0 Å². The quantitative estimate of drug-likeness (QED) is 0.681. The van der Waals surface area contributed by atoms with Crippen LogP contribution in [0.4, 0.5) is 0 Å². The molecule has 0 spiro atoms. The Labute approximate surface area is 129 Å². The fourth-order valence-corrected chi connectivity index (χ4v) is 4.13. The normalized spacial score (nSPS) is 34.6. The van der Waals surface area contributed by atoms with Gasteiger partial charge in [0, 0.05) is 37.3 Å². The average molecular weight is 296 g/mol. The summed E-state index contributed by atoms with van der Waals surface area (Å²) in [5.74, 6) is 0.891. The number of ether oxygens (including phenoxy) is 1. The largest absolute Gasteiger partial charge is 0.394 e. The van der Waals surface area contributed by atoms with Crippen molar-refractivity contribution in [1.29, 1.82) is 0 Å². The Morgan fingerprint density at radius 1 is 1.29 bits per heavy atom. The van der Waals surface area contributed by atoms with Gasteiger partial charge < -0.3 is 15.2 Å². The van der Waals surface area contributed by atoms with Gasteiger partial charge in [-0.2, -0.15) is 0 Å². The number of nitrogens with zero attached hydrogens (tertiary/aromatic N) is 1. The lowest BCUT2D eigenvalue weighted by atomic mass is 9.97. The molecule has 3 aliphatic rings. The zero-order valence-corrected chi connectivity index (χ0v) is 13.7. The third kappa shape index (κ3) is 3.79. The Hall–Kier alpha value is -0.160. The van der Waals surface area contributed by atoms with Crippen molar-refractivity contribution in [2.75, 3.05) is 26.9 Å². The van der Waals surface area contributed by atoms with Crippen molar-refractivity contribution < 1.29 is 9.84 Å². The smallest absolute Gasteiger partial charge is 0.0614 e. The third-order valence-corrected chi connectivity index (χ3v) is 5.82. The van der Waals surface area contributed by atoms with Crippen LogP contribution in [0, 0.1) is 5.92 Å². The minimum absolute atomic E-state index is 0.0135. The summed E-state index contributed by atoms with van der Waals surface area (Å²) in [6.07, 6.45) is 8.79. The van der Waals surface area contributed by atoms with E-state index in [9.17, 15) is 5.11 Å². The van der Waals surface area contributed by atoms with Crippen molar-refractivity contribution in [1.82, 2.24) is 10.2 Å². The molecule has 2 N–H and O–H groups in total. The van der Waals surface area contributed by atoms with E-state index in [1.165, 1.54) is 32.1 Å². The first kappa shape index (κ1) is 15.7. The van der Waals surface area contributed by atoms with Crippen LogP contribution in [0.1, 0.15) is 51.9 Å². The first-order chi connectivity index (χ1) is 10.2. The van der Waals surface area contributed by atoms with Crippen LogP contribution in [-0.4, -0.2) is 60.5 Å². The van der Waals surface area contributed by atoms with Gasteiger partial charge in [-0.1, -0.05) is 0 Å². The van der Waals surface area contributed by atoms with E-state index in [1.54, 1.807) is 7.11 Å². The zero-order valence-electron chi connectivity index (χ0n) is 13.7. The minimum Gasteiger partial charge on any atom is -0.394 e. The molecule has 3 aliphatic carbocycles. The Morgan fingerprint density at radius 3 is 2.62 bits per heavy atom. The Morgan fingerprint density at radius 2 is 2.05 bits per heavy atom. The Kier molecular flexibility index (Phi) is 4.89. The summed E-state index contributed by atoms with van der Waals surface area (Å²) >= 11 is 0. The summed E-state index contributed by atoms with van der Waals surface area (Å²) in [6.45, 7) is 4.52. The fourth-order valence-electron chi connectivity index (χ4n) is 4.13. The van der Waals surface area contributed by atoms with Crippen LogP contribution in [0.25, 0.3) is 0 Å². The third-order valence-electron chi connectivity index (χ3n) is 5.82. The van der Waals surface area contributed by atoms with E-state index in [-0.39, 0.29) is 12.1 Å². The van der Waals surface area contributed by atoms with Gasteiger partial charge in [-0.15, -0.1) is 0 Å². The molecule has 0 bridgehead atoms. The van der Waals surface area contributed by atoms with Crippen LogP contribution in [-0.2, 0) is 4.74 Å². The van der Waals surface area contributed by atoms with E-state index in [2.05, 4.69) is 17.1 Å². The highest BCUT2D eigenvalue weighted by atomic mass is 16.5. The molecule has 0 heterocycles. The van der Waals surface area contributed by atoms with Crippen molar-refractivity contribution in [2.45, 2.75) is 75.5 Å². The minimum atomic E-state index is -0.0135. The lowest BCUT2D eigenvalue weighted by Crippen LogP contribution is -2.50. The molecule has 3 rings (SSSR count). The topological polar surface area (TPSA) is 44.7 Å². The summed E-state index contributed by atoms with van der Waals surface area (Å²) in [5, 5.41) is 13.7. The molecule has 0 saturated heterocycles. The van der Waals surface area contributed by atoms with Crippen LogP contribution >= 0.6 is 0 Å². The molecule has 0 aliphatic heterocycles. The summed E-state index contributed by atoms with van der Waals surface area (Å²) < 4.78 is 5.33. The summed E-state index contributed by atoms with van der Waals surface area (Å²) in [4.78, 5) is 2.67. The predicted octanol–water partition coefficient (Wildman–Crippen LogP) is 1.77. The second kappa shape index (κ2) is 6.53. The molecule has 0 aromatic rings. The molecular formula is C17H32N2O2. The van der Waals surface area contributed by atoms with Crippen LogP contribution in [0.3, 0.4) is 0 Å². The predicted molar refractivity (Wildman–Crippen MR) is 84.4 cm³/mol. The number of aliphatic hydroxyl groups is 1. The SMILES string of the molecule is COCCN(C1CCC(CO)(NC2CC2)C1)C(C)C1CC1. The van der Waals surface area contributed by atoms with Crippen LogP contribution < -0.4 is 5.32 Å². The van der Waals surface area contributed by atoms with E-state index in [4.69, 9.17) is 4.74 Å². The van der Waals surface area contributed by atoms with Crippen molar-refractivity contribution in [2.24, 2.45) is 5.92 Å². The van der Waals surface area contributed by atoms with E-state index in [0.29, 0.717) is 18.1 Å². The molecule has 4 nitrogen and oxygen atoms in total. The number of hydrogen-bond acceptors (Lipinski definition) is 4. The molecule has 3 atom stereocenters. The molecule has 3 unspecified atom stereocenters. The van der Waals surface area contributed by atoms with Crippen molar-refractivity contribution in [3.63, 3.8) is 0 Å². The molecule has 0 radical (unpaired) electrons. The van der Waals surface area contributed by atoms with Crippen LogP contribution in [0.15, 0.2) is 0 Å². The monoisotopic (exact) mass is 296 g/mol. The lowest BCUT2D eigenvalue weighted by molar-refractivity contribution is 0.0745. The van der Waals surface area contributed by atoms with E-state index < -0.39 is 0 Å². The highest BCUT2D eigenvalue weighted by molar-refractivity contribution is 5.04. The number of methoxy groups -OCH3 is 1. The zero-order chi connectivity index (χ0) is 14.9. The summed E-state index contributed by atoms with van der Waals surface area (Å²) in [7, 11) is 1.79. The van der Waals surface area contributed by atoms with Gasteiger partial charge in [0.1, 0.15) is 0 Å². The molecule has 4 heteroatoms. The van der Waals surface area contributed by atoms with Crippen LogP contribution in [0.5, 0.6) is 0 Å². The van der Waals surface area contributed by atoms with Crippen molar-refractivity contribution in [3.05, 3.63) is 0 Å². The number of hydrogen-bond donors (Lipinski definition) is 2. The second-order valence-corrected chi connectivity index (χ2v) is 7.56. The molecule has 0 amide bonds. The Balaban J connectivity index is 1.61. The van der Waals surface area contributed by atoms with Crippen molar-refractivity contribution in [3.8, 4) is 0 Å². The maximum atomic E-state index is 9.92. The standard InChI is InChI=1S/C17H32N2O2/c1-13(14-3-4-14)19(9-10-21-2)16-7-8-17(11-16,12-20)18-15-5-6-15/h13-16,18,20H,3-12H2,1-2H3. The van der Waals surface area contributed by atoms with Gasteiger partial charge >= 0.3 is 0 Å². The molecule has 0 aromatic heterocycles. The van der Waals surface area contributed by atoms with Crippen molar-refractivity contribution >= 4 is 0 Å². The first-order valence-electron chi connectivity index (χ1n) is 8.81. The number of nitrogens with one attached hydrogen (secondary N) is 1. The maximum Gasteiger partial charge on any atom is 0.0614 e. The maximum absolute atomic E-state index is 9.92. The molecule has 0 aromatic carbocycles. The van der Waals surface area contributed by atoms with Gasteiger partial charge in [-0.25, -0.2) is 0 Å². The van der Waals surface area contributed by atoms with Gasteiger partial charge in [0.05, 0.1) is 13.2 Å². The van der Waals surface area contributed by atoms with Gasteiger partial charge in [-0.05, 0) is 57.8 Å². The molecule has 3 saturated carbocycles. The number of aliphatic hydroxyl groups excluding tert-OH is 1. The summed E-state index contributed by atoms with van der Waals surface area (Å²) in [6, 6.07) is 1.94. The highest BCUT2D eigenvalue weighted by Gasteiger charge is 2.45. The van der Waals surface area contributed by atoms with Gasteiger partial charge in [-0.3, -0.25) is 4.90 Å². The first-order valence-corrected chi connectivity index (χ1v) is 8.81. The molecule has 122 valence electrons. The van der Waals surface area contributed by atoms with Crippen LogP contribution in [0.2, 0.25) is 0 Å². The lowest BCUT2D eigenvalue weighted by Gasteiger charge is -2.36.